The lowest BCUT2D eigenvalue weighted by atomic mass is 10.2. The summed E-state index contributed by atoms with van der Waals surface area (Å²) >= 11 is 0. The molecule has 136 valence electrons. The summed E-state index contributed by atoms with van der Waals surface area (Å²) in [5.41, 5.74) is 8.19. The minimum absolute atomic E-state index is 0.425. The van der Waals surface area contributed by atoms with Gasteiger partial charge in [0.15, 0.2) is 11.6 Å². The molecule has 1 aromatic carbocycles. The van der Waals surface area contributed by atoms with Gasteiger partial charge in [0.05, 0.1) is 6.54 Å². The number of aromatic nitrogens is 6. The summed E-state index contributed by atoms with van der Waals surface area (Å²) in [4.78, 5) is 10.4. The van der Waals surface area contributed by atoms with Crippen molar-refractivity contribution in [1.82, 2.24) is 29.9 Å². The van der Waals surface area contributed by atoms with E-state index >= 15 is 0 Å². The molecule has 0 aliphatic heterocycles. The molecule has 0 fully saturated rings. The van der Waals surface area contributed by atoms with Crippen LogP contribution in [0.1, 0.15) is 5.82 Å². The summed E-state index contributed by atoms with van der Waals surface area (Å²) in [6.45, 7) is 0.425. The Labute approximate surface area is 155 Å². The van der Waals surface area contributed by atoms with E-state index in [0.29, 0.717) is 29.9 Å². The molecule has 0 saturated heterocycles. The van der Waals surface area contributed by atoms with Crippen LogP contribution in [0.3, 0.4) is 0 Å². The molecular formula is C18H18N8O. The molecule has 0 spiro atoms. The van der Waals surface area contributed by atoms with Gasteiger partial charge >= 0.3 is 0 Å². The lowest BCUT2D eigenvalue weighted by Gasteiger charge is -2.15. The van der Waals surface area contributed by atoms with Gasteiger partial charge in [0.2, 0.25) is 5.95 Å². The molecule has 9 heteroatoms. The zero-order valence-corrected chi connectivity index (χ0v) is 14.9. The molecule has 0 amide bonds. The molecule has 4 rings (SSSR count). The highest BCUT2D eigenvalue weighted by Crippen LogP contribution is 2.22. The SMILES string of the molecule is CN(Cc1noc(-c2cccc(N)c2)n1)c1nnc(-c2ccncc2)n1C. The maximum Gasteiger partial charge on any atom is 0.258 e. The second-order valence-electron chi connectivity index (χ2n) is 6.12. The fourth-order valence-electron chi connectivity index (χ4n) is 2.80. The molecule has 0 bridgehead atoms. The van der Waals surface area contributed by atoms with Crippen molar-refractivity contribution < 1.29 is 4.52 Å². The number of nitrogen functional groups attached to an aromatic ring is 1. The van der Waals surface area contributed by atoms with Crippen LogP contribution in [0.4, 0.5) is 11.6 Å². The van der Waals surface area contributed by atoms with Crippen LogP contribution in [0.25, 0.3) is 22.8 Å². The molecular weight excluding hydrogens is 344 g/mol. The average molecular weight is 362 g/mol. The summed E-state index contributed by atoms with van der Waals surface area (Å²) < 4.78 is 7.27. The maximum absolute atomic E-state index is 5.81. The molecule has 3 aromatic heterocycles. The van der Waals surface area contributed by atoms with Crippen LogP contribution in [0.15, 0.2) is 53.3 Å². The van der Waals surface area contributed by atoms with Crippen LogP contribution in [0.2, 0.25) is 0 Å². The normalized spacial score (nSPS) is 10.9. The zero-order valence-electron chi connectivity index (χ0n) is 14.9. The van der Waals surface area contributed by atoms with E-state index in [1.165, 1.54) is 0 Å². The van der Waals surface area contributed by atoms with Crippen LogP contribution in [-0.2, 0) is 13.6 Å². The van der Waals surface area contributed by atoms with E-state index in [0.717, 1.165) is 17.0 Å². The maximum atomic E-state index is 5.81. The summed E-state index contributed by atoms with van der Waals surface area (Å²) in [7, 11) is 3.81. The smallest absolute Gasteiger partial charge is 0.258 e. The lowest BCUT2D eigenvalue weighted by molar-refractivity contribution is 0.422. The number of nitrogens with two attached hydrogens (primary N) is 1. The second-order valence-corrected chi connectivity index (χ2v) is 6.12. The van der Waals surface area contributed by atoms with Crippen molar-refractivity contribution in [3.05, 3.63) is 54.6 Å². The van der Waals surface area contributed by atoms with Crippen molar-refractivity contribution in [1.29, 1.82) is 0 Å². The van der Waals surface area contributed by atoms with Crippen molar-refractivity contribution in [2.75, 3.05) is 17.7 Å². The highest BCUT2D eigenvalue weighted by Gasteiger charge is 2.17. The zero-order chi connectivity index (χ0) is 18.8. The van der Waals surface area contributed by atoms with Crippen LogP contribution in [0.5, 0.6) is 0 Å². The minimum Gasteiger partial charge on any atom is -0.399 e. The summed E-state index contributed by atoms with van der Waals surface area (Å²) in [5.74, 6) is 2.43. The third kappa shape index (κ3) is 3.34. The molecule has 0 aliphatic carbocycles. The number of benzene rings is 1. The van der Waals surface area contributed by atoms with E-state index in [2.05, 4.69) is 25.3 Å². The van der Waals surface area contributed by atoms with Gasteiger partial charge in [0.25, 0.3) is 5.89 Å². The first-order valence-electron chi connectivity index (χ1n) is 8.31. The molecule has 0 aliphatic rings. The van der Waals surface area contributed by atoms with Gasteiger partial charge in [-0.2, -0.15) is 4.98 Å². The molecule has 0 atom stereocenters. The predicted octanol–water partition coefficient (Wildman–Crippen LogP) is 2.15. The number of pyridine rings is 1. The third-order valence-electron chi connectivity index (χ3n) is 4.11. The van der Waals surface area contributed by atoms with Gasteiger partial charge in [-0.05, 0) is 30.3 Å². The highest BCUT2D eigenvalue weighted by molar-refractivity contribution is 5.59. The fourth-order valence-corrected chi connectivity index (χ4v) is 2.80. The van der Waals surface area contributed by atoms with Gasteiger partial charge in [-0.25, -0.2) is 0 Å². The molecule has 3 heterocycles. The number of anilines is 2. The summed E-state index contributed by atoms with van der Waals surface area (Å²) in [6.07, 6.45) is 3.45. The molecule has 0 saturated carbocycles. The predicted molar refractivity (Wildman–Crippen MR) is 100 cm³/mol. The largest absolute Gasteiger partial charge is 0.399 e. The molecule has 27 heavy (non-hydrogen) atoms. The second kappa shape index (κ2) is 6.87. The Morgan fingerprint density at radius 3 is 2.70 bits per heavy atom. The van der Waals surface area contributed by atoms with Crippen molar-refractivity contribution in [2.45, 2.75) is 6.54 Å². The Hall–Kier alpha value is -3.75. The van der Waals surface area contributed by atoms with E-state index in [-0.39, 0.29) is 0 Å². The van der Waals surface area contributed by atoms with Gasteiger partial charge in [0, 0.05) is 43.3 Å². The van der Waals surface area contributed by atoms with Crippen LogP contribution < -0.4 is 10.6 Å². The first-order chi connectivity index (χ1) is 13.1. The van der Waals surface area contributed by atoms with Crippen LogP contribution >= 0.6 is 0 Å². The standard InChI is InChI=1S/C18H18N8O/c1-25(18-23-22-16(26(18)2)12-6-8-20-9-7-12)11-15-21-17(27-24-15)13-4-3-5-14(19)10-13/h3-10H,11,19H2,1-2H3. The monoisotopic (exact) mass is 362 g/mol. The van der Waals surface area contributed by atoms with Crippen molar-refractivity contribution in [3.8, 4) is 22.8 Å². The van der Waals surface area contributed by atoms with E-state index < -0.39 is 0 Å². The highest BCUT2D eigenvalue weighted by atomic mass is 16.5. The van der Waals surface area contributed by atoms with E-state index in [9.17, 15) is 0 Å². The van der Waals surface area contributed by atoms with E-state index in [4.69, 9.17) is 10.3 Å². The van der Waals surface area contributed by atoms with Gasteiger partial charge in [0.1, 0.15) is 0 Å². The van der Waals surface area contributed by atoms with E-state index in [1.807, 2.05) is 53.9 Å². The number of rotatable bonds is 5. The topological polar surface area (TPSA) is 112 Å². The van der Waals surface area contributed by atoms with Gasteiger partial charge in [-0.1, -0.05) is 11.2 Å². The van der Waals surface area contributed by atoms with Gasteiger partial charge < -0.3 is 15.2 Å². The number of hydrogen-bond acceptors (Lipinski definition) is 8. The molecule has 9 nitrogen and oxygen atoms in total. The van der Waals surface area contributed by atoms with Crippen LogP contribution in [0, 0.1) is 0 Å². The van der Waals surface area contributed by atoms with Gasteiger partial charge in [-0.15, -0.1) is 10.2 Å². The number of nitrogens with zero attached hydrogens (tertiary/aromatic N) is 7. The lowest BCUT2D eigenvalue weighted by Crippen LogP contribution is -2.21. The molecule has 0 unspecified atom stereocenters. The van der Waals surface area contributed by atoms with Crippen molar-refractivity contribution in [3.63, 3.8) is 0 Å². The fraction of sp³-hybridized carbons (Fsp3) is 0.167. The Morgan fingerprint density at radius 2 is 1.93 bits per heavy atom. The molecule has 2 N–H and O–H groups in total. The average Bonchev–Trinajstić information content (AvgIpc) is 3.29. The minimum atomic E-state index is 0.425. The first-order valence-corrected chi connectivity index (χ1v) is 8.31. The summed E-state index contributed by atoms with van der Waals surface area (Å²) in [6, 6.07) is 11.1. The Balaban J connectivity index is 1.53. The van der Waals surface area contributed by atoms with Crippen LogP contribution in [-0.4, -0.2) is 36.9 Å². The van der Waals surface area contributed by atoms with E-state index in [1.54, 1.807) is 18.5 Å². The molecule has 4 aromatic rings. The quantitative estimate of drug-likeness (QED) is 0.538. The molecule has 0 radical (unpaired) electrons. The Morgan fingerprint density at radius 1 is 1.11 bits per heavy atom. The number of hydrogen-bond donors (Lipinski definition) is 1. The summed E-state index contributed by atoms with van der Waals surface area (Å²) in [5, 5.41) is 12.6. The van der Waals surface area contributed by atoms with Crippen molar-refractivity contribution >= 4 is 11.6 Å². The Kier molecular flexibility index (Phi) is 4.25. The van der Waals surface area contributed by atoms with Gasteiger partial charge in [-0.3, -0.25) is 9.55 Å². The Bertz CT molecular complexity index is 1060. The third-order valence-corrected chi connectivity index (χ3v) is 4.11. The first kappa shape index (κ1) is 16.7. The van der Waals surface area contributed by atoms with Crippen molar-refractivity contribution in [2.24, 2.45) is 7.05 Å².